The van der Waals surface area contributed by atoms with E-state index < -0.39 is 6.23 Å². The molecule has 1 atom stereocenters. The summed E-state index contributed by atoms with van der Waals surface area (Å²) in [5.41, 5.74) is 0.738. The number of rotatable bonds is 6. The number of hydrogen-bond donors (Lipinski definition) is 2. The first-order chi connectivity index (χ1) is 13.1. The largest absolute Gasteiger partial charge is 0.471 e. The third kappa shape index (κ3) is 5.94. The highest BCUT2D eigenvalue weighted by Crippen LogP contribution is 2.33. The van der Waals surface area contributed by atoms with Crippen molar-refractivity contribution < 1.29 is 9.53 Å². The molecule has 0 aliphatic heterocycles. The maximum absolute atomic E-state index is 12.3. The molecule has 0 saturated heterocycles. The van der Waals surface area contributed by atoms with Crippen LogP contribution in [0, 0.1) is 0 Å². The molecule has 1 unspecified atom stereocenters. The second-order valence-corrected chi connectivity index (χ2v) is 7.28. The maximum Gasteiger partial charge on any atom is 0.322 e. The molecule has 0 saturated carbocycles. The van der Waals surface area contributed by atoms with E-state index in [9.17, 15) is 4.79 Å². The van der Waals surface area contributed by atoms with Crippen molar-refractivity contribution in [2.24, 2.45) is 0 Å². The summed E-state index contributed by atoms with van der Waals surface area (Å²) in [5.74, 6) is 0.632. The summed E-state index contributed by atoms with van der Waals surface area (Å²) >= 11 is 7.45. The topological polar surface area (TPSA) is 50.4 Å². The molecule has 27 heavy (non-hydrogen) atoms. The van der Waals surface area contributed by atoms with Crippen LogP contribution in [0.25, 0.3) is 0 Å². The van der Waals surface area contributed by atoms with E-state index in [1.807, 2.05) is 54.6 Å². The van der Waals surface area contributed by atoms with Gasteiger partial charge in [0.05, 0.1) is 5.69 Å². The zero-order valence-electron chi connectivity index (χ0n) is 14.7. The SMILES string of the molecule is CC(NC(=O)Nc1ccccc1Sc1ccccc1)Oc1ccc(Cl)cc1. The van der Waals surface area contributed by atoms with Crippen molar-refractivity contribution in [2.75, 3.05) is 5.32 Å². The Morgan fingerprint density at radius 3 is 2.37 bits per heavy atom. The molecule has 2 N–H and O–H groups in total. The predicted molar refractivity (Wildman–Crippen MR) is 111 cm³/mol. The van der Waals surface area contributed by atoms with Gasteiger partial charge in [-0.2, -0.15) is 0 Å². The van der Waals surface area contributed by atoms with Gasteiger partial charge in [0.1, 0.15) is 5.75 Å². The molecule has 138 valence electrons. The van der Waals surface area contributed by atoms with Gasteiger partial charge in [-0.15, -0.1) is 0 Å². The van der Waals surface area contributed by atoms with Crippen LogP contribution in [0.15, 0.2) is 88.7 Å². The number of carbonyl (C=O) groups excluding carboxylic acids is 1. The number of halogens is 1. The second-order valence-electron chi connectivity index (χ2n) is 5.72. The van der Waals surface area contributed by atoms with Gasteiger partial charge in [0.2, 0.25) is 0 Å². The third-order valence-corrected chi connectivity index (χ3v) is 4.90. The minimum absolute atomic E-state index is 0.336. The summed E-state index contributed by atoms with van der Waals surface area (Å²) in [6.45, 7) is 1.76. The zero-order chi connectivity index (χ0) is 19.1. The molecular weight excluding hydrogens is 380 g/mol. The number of ether oxygens (including phenoxy) is 1. The fraction of sp³-hybridized carbons (Fsp3) is 0.0952. The van der Waals surface area contributed by atoms with Crippen molar-refractivity contribution in [1.29, 1.82) is 0 Å². The molecule has 3 aromatic carbocycles. The number of benzene rings is 3. The van der Waals surface area contributed by atoms with Crippen LogP contribution in [0.3, 0.4) is 0 Å². The van der Waals surface area contributed by atoms with Gasteiger partial charge in [-0.05, 0) is 55.5 Å². The van der Waals surface area contributed by atoms with Gasteiger partial charge in [-0.1, -0.05) is 53.7 Å². The number of para-hydroxylation sites is 1. The van der Waals surface area contributed by atoms with Gasteiger partial charge in [0.15, 0.2) is 6.23 Å². The quantitative estimate of drug-likeness (QED) is 0.498. The Morgan fingerprint density at radius 2 is 1.63 bits per heavy atom. The number of amides is 2. The van der Waals surface area contributed by atoms with E-state index in [0.717, 1.165) is 15.5 Å². The van der Waals surface area contributed by atoms with E-state index in [0.29, 0.717) is 10.8 Å². The van der Waals surface area contributed by atoms with E-state index >= 15 is 0 Å². The van der Waals surface area contributed by atoms with Crippen LogP contribution in [0.2, 0.25) is 5.02 Å². The Hall–Kier alpha value is -2.63. The molecule has 0 heterocycles. The molecule has 6 heteroatoms. The number of nitrogens with one attached hydrogen (secondary N) is 2. The standard InChI is InChI=1S/C21H19ClN2O2S/c1-15(26-17-13-11-16(22)12-14-17)23-21(25)24-19-9-5-6-10-20(19)27-18-7-3-2-4-8-18/h2-15H,1H3,(H2,23,24,25). The molecule has 0 spiro atoms. The van der Waals surface area contributed by atoms with Crippen LogP contribution in [-0.2, 0) is 0 Å². The lowest BCUT2D eigenvalue weighted by Crippen LogP contribution is -2.39. The summed E-state index contributed by atoms with van der Waals surface area (Å²) in [5, 5.41) is 6.29. The highest BCUT2D eigenvalue weighted by atomic mass is 35.5. The number of urea groups is 1. The fourth-order valence-electron chi connectivity index (χ4n) is 2.36. The van der Waals surface area contributed by atoms with Crippen molar-refractivity contribution in [3.8, 4) is 5.75 Å². The van der Waals surface area contributed by atoms with Crippen LogP contribution in [-0.4, -0.2) is 12.3 Å². The van der Waals surface area contributed by atoms with Gasteiger partial charge >= 0.3 is 6.03 Å². The fourth-order valence-corrected chi connectivity index (χ4v) is 3.41. The molecule has 0 bridgehead atoms. The third-order valence-electron chi connectivity index (χ3n) is 3.57. The average Bonchev–Trinajstić information content (AvgIpc) is 2.66. The predicted octanol–water partition coefficient (Wildman–Crippen LogP) is 6.04. The molecule has 0 radical (unpaired) electrons. The van der Waals surface area contributed by atoms with Crippen LogP contribution < -0.4 is 15.4 Å². The van der Waals surface area contributed by atoms with Crippen LogP contribution in [0.1, 0.15) is 6.92 Å². The summed E-state index contributed by atoms with van der Waals surface area (Å²) in [6, 6.07) is 24.3. The molecule has 4 nitrogen and oxygen atoms in total. The second kappa shape index (κ2) is 9.35. The Labute approximate surface area is 167 Å². The van der Waals surface area contributed by atoms with E-state index in [1.54, 1.807) is 43.0 Å². The molecular formula is C21H19ClN2O2S. The van der Waals surface area contributed by atoms with Crippen LogP contribution in [0.4, 0.5) is 10.5 Å². The van der Waals surface area contributed by atoms with Crippen molar-refractivity contribution in [3.63, 3.8) is 0 Å². The molecule has 0 fully saturated rings. The van der Waals surface area contributed by atoms with Gasteiger partial charge in [-0.3, -0.25) is 0 Å². The first-order valence-corrected chi connectivity index (χ1v) is 9.61. The monoisotopic (exact) mass is 398 g/mol. The first kappa shape index (κ1) is 19.1. The molecule has 0 aliphatic rings. The summed E-state index contributed by atoms with van der Waals surface area (Å²) in [6.07, 6.45) is -0.500. The highest BCUT2D eigenvalue weighted by molar-refractivity contribution is 7.99. The van der Waals surface area contributed by atoms with E-state index in [1.165, 1.54) is 0 Å². The Morgan fingerprint density at radius 1 is 0.963 bits per heavy atom. The average molecular weight is 399 g/mol. The Bertz CT molecular complexity index is 888. The maximum atomic E-state index is 12.3. The molecule has 3 aromatic rings. The molecule has 0 aromatic heterocycles. The first-order valence-electron chi connectivity index (χ1n) is 8.42. The Balaban J connectivity index is 1.59. The Kier molecular flexibility index (Phi) is 6.63. The normalized spacial score (nSPS) is 11.5. The van der Waals surface area contributed by atoms with Gasteiger partial charge in [-0.25, -0.2) is 4.79 Å². The summed E-state index contributed by atoms with van der Waals surface area (Å²) < 4.78 is 5.67. The zero-order valence-corrected chi connectivity index (χ0v) is 16.3. The highest BCUT2D eigenvalue weighted by Gasteiger charge is 2.11. The van der Waals surface area contributed by atoms with Crippen molar-refractivity contribution in [1.82, 2.24) is 5.32 Å². The summed E-state index contributed by atoms with van der Waals surface area (Å²) in [4.78, 5) is 14.4. The smallest absolute Gasteiger partial charge is 0.322 e. The number of anilines is 1. The summed E-state index contributed by atoms with van der Waals surface area (Å²) in [7, 11) is 0. The lowest BCUT2D eigenvalue weighted by atomic mass is 10.3. The van der Waals surface area contributed by atoms with E-state index in [-0.39, 0.29) is 6.03 Å². The lowest BCUT2D eigenvalue weighted by molar-refractivity contribution is 0.183. The van der Waals surface area contributed by atoms with Crippen molar-refractivity contribution in [2.45, 2.75) is 22.9 Å². The molecule has 2 amide bonds. The van der Waals surface area contributed by atoms with E-state index in [4.69, 9.17) is 16.3 Å². The number of hydrogen-bond acceptors (Lipinski definition) is 3. The van der Waals surface area contributed by atoms with Gasteiger partial charge in [0.25, 0.3) is 0 Å². The molecule has 0 aliphatic carbocycles. The van der Waals surface area contributed by atoms with Crippen LogP contribution >= 0.6 is 23.4 Å². The van der Waals surface area contributed by atoms with E-state index in [2.05, 4.69) is 10.6 Å². The lowest BCUT2D eigenvalue weighted by Gasteiger charge is -2.17. The van der Waals surface area contributed by atoms with Crippen molar-refractivity contribution >= 4 is 35.1 Å². The van der Waals surface area contributed by atoms with Gasteiger partial charge < -0.3 is 15.4 Å². The van der Waals surface area contributed by atoms with Crippen LogP contribution in [0.5, 0.6) is 5.75 Å². The van der Waals surface area contributed by atoms with Crippen molar-refractivity contribution in [3.05, 3.63) is 83.9 Å². The van der Waals surface area contributed by atoms with Gasteiger partial charge in [0, 0.05) is 14.8 Å². The molecule has 3 rings (SSSR count). The minimum atomic E-state index is -0.500. The number of carbonyl (C=O) groups is 1. The minimum Gasteiger partial charge on any atom is -0.471 e.